The molecule has 0 aliphatic heterocycles. The van der Waals surface area contributed by atoms with Crippen LogP contribution in [0.5, 0.6) is 0 Å². The topological polar surface area (TPSA) is 40.5 Å². The van der Waals surface area contributed by atoms with Crippen molar-refractivity contribution in [1.82, 2.24) is 0 Å². The summed E-state index contributed by atoms with van der Waals surface area (Å²) in [4.78, 5) is 0. The maximum Gasteiger partial charge on any atom is 0.416 e. The lowest BCUT2D eigenvalue weighted by atomic mass is 10.1. The normalized spacial score (nSPS) is 18.0. The Kier molecular flexibility index (Phi) is 4.19. The van der Waals surface area contributed by atoms with E-state index in [0.29, 0.717) is 0 Å². The van der Waals surface area contributed by atoms with Crippen molar-refractivity contribution in [1.29, 1.82) is 0 Å². The lowest BCUT2D eigenvalue weighted by Gasteiger charge is -2.20. The van der Waals surface area contributed by atoms with Crippen molar-refractivity contribution in [3.8, 4) is 0 Å². The highest BCUT2D eigenvalue weighted by molar-refractivity contribution is 4.75. The van der Waals surface area contributed by atoms with E-state index in [1.807, 2.05) is 0 Å². The van der Waals surface area contributed by atoms with Crippen LogP contribution in [0, 0.1) is 0 Å². The Labute approximate surface area is 75.1 Å². The average molecular weight is 226 g/mol. The third kappa shape index (κ3) is 5.28. The summed E-state index contributed by atoms with van der Waals surface area (Å²) in [5, 5.41) is 16.9. The standard InChI is InChI=1S/C6H8F6O2/c7-5(8,9)2-1-3(13)4(14)6(10,11)12/h3-4,13-14H,1-2H2. The smallest absolute Gasteiger partial charge is 0.390 e. The van der Waals surface area contributed by atoms with Gasteiger partial charge in [0.15, 0.2) is 6.10 Å². The van der Waals surface area contributed by atoms with Crippen molar-refractivity contribution in [2.75, 3.05) is 0 Å². The van der Waals surface area contributed by atoms with Crippen LogP contribution < -0.4 is 0 Å². The summed E-state index contributed by atoms with van der Waals surface area (Å²) in [7, 11) is 0. The molecule has 0 aromatic heterocycles. The van der Waals surface area contributed by atoms with Crippen molar-refractivity contribution in [3.63, 3.8) is 0 Å². The second-order valence-corrected chi connectivity index (χ2v) is 2.71. The van der Waals surface area contributed by atoms with E-state index in [2.05, 4.69) is 0 Å². The van der Waals surface area contributed by atoms with Crippen LogP contribution in [0.25, 0.3) is 0 Å². The minimum atomic E-state index is -5.11. The van der Waals surface area contributed by atoms with Crippen LogP contribution in [0.4, 0.5) is 26.3 Å². The van der Waals surface area contributed by atoms with E-state index in [4.69, 9.17) is 10.2 Å². The minimum absolute atomic E-state index is 1.18. The molecule has 0 fully saturated rings. The Morgan fingerprint density at radius 2 is 1.36 bits per heavy atom. The SMILES string of the molecule is OC(CCC(F)(F)F)C(O)C(F)(F)F. The second-order valence-electron chi connectivity index (χ2n) is 2.71. The van der Waals surface area contributed by atoms with Gasteiger partial charge in [-0.15, -0.1) is 0 Å². The van der Waals surface area contributed by atoms with Gasteiger partial charge in [0.1, 0.15) is 0 Å². The Hall–Kier alpha value is -0.500. The van der Waals surface area contributed by atoms with E-state index in [9.17, 15) is 26.3 Å². The molecular weight excluding hydrogens is 218 g/mol. The Morgan fingerprint density at radius 1 is 0.929 bits per heavy atom. The number of aliphatic hydroxyl groups is 2. The van der Waals surface area contributed by atoms with Crippen LogP contribution >= 0.6 is 0 Å². The van der Waals surface area contributed by atoms with Gasteiger partial charge in [0.2, 0.25) is 0 Å². The highest BCUT2D eigenvalue weighted by Gasteiger charge is 2.43. The zero-order valence-corrected chi connectivity index (χ0v) is 6.73. The zero-order valence-electron chi connectivity index (χ0n) is 6.73. The zero-order chi connectivity index (χ0) is 11.6. The summed E-state index contributed by atoms with van der Waals surface area (Å²) >= 11 is 0. The van der Waals surface area contributed by atoms with Crippen LogP contribution in [0.3, 0.4) is 0 Å². The highest BCUT2D eigenvalue weighted by Crippen LogP contribution is 2.27. The molecule has 0 aliphatic carbocycles. The summed E-state index contributed by atoms with van der Waals surface area (Å²) in [6.07, 6.45) is -18.1. The monoisotopic (exact) mass is 226 g/mol. The molecule has 86 valence electrons. The number of halogens is 6. The predicted molar refractivity (Wildman–Crippen MR) is 33.4 cm³/mol. The molecule has 0 aromatic carbocycles. The maximum atomic E-state index is 11.6. The van der Waals surface area contributed by atoms with Crippen LogP contribution in [-0.4, -0.2) is 34.8 Å². The number of rotatable bonds is 3. The third-order valence-corrected chi connectivity index (χ3v) is 1.42. The fraction of sp³-hybridized carbons (Fsp3) is 1.00. The summed E-state index contributed by atoms with van der Waals surface area (Å²) in [6, 6.07) is 0. The first kappa shape index (κ1) is 13.5. The molecular formula is C6H8F6O2. The number of alkyl halides is 6. The van der Waals surface area contributed by atoms with Crippen molar-refractivity contribution in [2.45, 2.75) is 37.4 Å². The molecule has 0 amide bonds. The molecule has 0 bridgehead atoms. The molecule has 8 heteroatoms. The molecule has 0 saturated carbocycles. The highest BCUT2D eigenvalue weighted by atomic mass is 19.4. The lowest BCUT2D eigenvalue weighted by molar-refractivity contribution is -0.234. The van der Waals surface area contributed by atoms with E-state index in [-0.39, 0.29) is 0 Å². The molecule has 14 heavy (non-hydrogen) atoms. The summed E-state index contributed by atoms with van der Waals surface area (Å²) < 4.78 is 69.4. The van der Waals surface area contributed by atoms with Gasteiger partial charge in [-0.3, -0.25) is 0 Å². The number of hydrogen-bond acceptors (Lipinski definition) is 2. The fourth-order valence-corrected chi connectivity index (χ4v) is 0.688. The van der Waals surface area contributed by atoms with Crippen LogP contribution in [0.15, 0.2) is 0 Å². The molecule has 0 radical (unpaired) electrons. The van der Waals surface area contributed by atoms with Crippen LogP contribution in [-0.2, 0) is 0 Å². The Balaban J connectivity index is 4.03. The summed E-state index contributed by atoms with van der Waals surface area (Å²) in [6.45, 7) is 0. The molecule has 0 saturated heterocycles. The maximum absolute atomic E-state index is 11.6. The van der Waals surface area contributed by atoms with Crippen molar-refractivity contribution in [2.24, 2.45) is 0 Å². The first-order valence-corrected chi connectivity index (χ1v) is 3.53. The first-order valence-electron chi connectivity index (χ1n) is 3.53. The second kappa shape index (κ2) is 4.35. The van der Waals surface area contributed by atoms with Gasteiger partial charge in [-0.2, -0.15) is 26.3 Å². The summed E-state index contributed by atoms with van der Waals surface area (Å²) in [5.74, 6) is 0. The molecule has 2 nitrogen and oxygen atoms in total. The molecule has 2 unspecified atom stereocenters. The van der Waals surface area contributed by atoms with Crippen molar-refractivity contribution >= 4 is 0 Å². The van der Waals surface area contributed by atoms with E-state index in [0.717, 1.165) is 0 Å². The number of aliphatic hydroxyl groups excluding tert-OH is 2. The van der Waals surface area contributed by atoms with Gasteiger partial charge in [0.05, 0.1) is 6.10 Å². The van der Waals surface area contributed by atoms with E-state index < -0.39 is 37.4 Å². The molecule has 0 heterocycles. The van der Waals surface area contributed by atoms with Gasteiger partial charge in [0.25, 0.3) is 0 Å². The van der Waals surface area contributed by atoms with Crippen molar-refractivity contribution < 1.29 is 36.6 Å². The van der Waals surface area contributed by atoms with Crippen LogP contribution in [0.2, 0.25) is 0 Å². The van der Waals surface area contributed by atoms with Gasteiger partial charge in [-0.1, -0.05) is 0 Å². The van der Waals surface area contributed by atoms with Crippen molar-refractivity contribution in [3.05, 3.63) is 0 Å². The van der Waals surface area contributed by atoms with Gasteiger partial charge < -0.3 is 10.2 Å². The van der Waals surface area contributed by atoms with E-state index in [1.165, 1.54) is 0 Å². The molecule has 0 spiro atoms. The molecule has 2 atom stereocenters. The molecule has 0 rings (SSSR count). The number of hydrogen-bond donors (Lipinski definition) is 2. The Bertz CT molecular complexity index is 174. The molecule has 0 aromatic rings. The minimum Gasteiger partial charge on any atom is -0.390 e. The van der Waals surface area contributed by atoms with E-state index in [1.54, 1.807) is 0 Å². The Morgan fingerprint density at radius 3 is 1.64 bits per heavy atom. The van der Waals surface area contributed by atoms with Gasteiger partial charge in [-0.05, 0) is 6.42 Å². The molecule has 2 N–H and O–H groups in total. The quantitative estimate of drug-likeness (QED) is 0.718. The predicted octanol–water partition coefficient (Wildman–Crippen LogP) is 1.61. The fourth-order valence-electron chi connectivity index (χ4n) is 0.688. The van der Waals surface area contributed by atoms with Gasteiger partial charge in [-0.25, -0.2) is 0 Å². The third-order valence-electron chi connectivity index (χ3n) is 1.42. The molecule has 0 aliphatic rings. The van der Waals surface area contributed by atoms with Gasteiger partial charge >= 0.3 is 12.4 Å². The average Bonchev–Trinajstić information content (AvgIpc) is 1.95. The van der Waals surface area contributed by atoms with Crippen LogP contribution in [0.1, 0.15) is 12.8 Å². The lowest BCUT2D eigenvalue weighted by Crippen LogP contribution is -2.40. The van der Waals surface area contributed by atoms with Gasteiger partial charge in [0, 0.05) is 6.42 Å². The summed E-state index contributed by atoms with van der Waals surface area (Å²) in [5.41, 5.74) is 0. The largest absolute Gasteiger partial charge is 0.416 e. The van der Waals surface area contributed by atoms with E-state index >= 15 is 0 Å². The first-order chi connectivity index (χ1) is 6.04.